The molecule has 0 fully saturated rings. The Morgan fingerprint density at radius 3 is 2.28 bits per heavy atom. The summed E-state index contributed by atoms with van der Waals surface area (Å²) in [6.07, 6.45) is 3.74. The Bertz CT molecular complexity index is 1430. The zero-order chi connectivity index (χ0) is 21.9. The highest BCUT2D eigenvalue weighted by Gasteiger charge is 2.12. The van der Waals surface area contributed by atoms with Gasteiger partial charge in [-0.15, -0.1) is 0 Å². The van der Waals surface area contributed by atoms with E-state index >= 15 is 0 Å². The molecule has 3 aromatic carbocycles. The molecule has 0 radical (unpaired) electrons. The molecule has 0 amide bonds. The highest BCUT2D eigenvalue weighted by atomic mass is 32.1. The predicted molar refractivity (Wildman–Crippen MR) is 130 cm³/mol. The Morgan fingerprint density at radius 2 is 1.56 bits per heavy atom. The maximum Gasteiger partial charge on any atom is 0.216 e. The second-order valence-electron chi connectivity index (χ2n) is 7.35. The summed E-state index contributed by atoms with van der Waals surface area (Å²) in [5.74, 6) is 0.656. The second-order valence-corrected chi connectivity index (χ2v) is 7.74. The zero-order valence-electron chi connectivity index (χ0n) is 17.4. The number of H-pyrrole nitrogens is 1. The number of hydrogen-bond donors (Lipinski definition) is 1. The number of aromatic amines is 1. The molecule has 0 aliphatic heterocycles. The summed E-state index contributed by atoms with van der Waals surface area (Å²) in [5, 5.41) is 16.7. The molecule has 0 unspecified atom stereocenters. The van der Waals surface area contributed by atoms with E-state index in [1.54, 1.807) is 10.9 Å². The van der Waals surface area contributed by atoms with E-state index in [0.29, 0.717) is 10.6 Å². The van der Waals surface area contributed by atoms with E-state index < -0.39 is 0 Å². The van der Waals surface area contributed by atoms with Gasteiger partial charge in [0.1, 0.15) is 5.69 Å². The van der Waals surface area contributed by atoms with Crippen LogP contribution in [0.5, 0.6) is 0 Å². The molecule has 2 aromatic heterocycles. The van der Waals surface area contributed by atoms with Gasteiger partial charge in [-0.05, 0) is 31.3 Å². The number of nitrogens with one attached hydrogen (secondary N) is 1. The summed E-state index contributed by atoms with van der Waals surface area (Å²) in [5.41, 5.74) is 5.81. The lowest BCUT2D eigenvalue weighted by atomic mass is 10.1. The lowest BCUT2D eigenvalue weighted by molar-refractivity contribution is 0.871. The van der Waals surface area contributed by atoms with Gasteiger partial charge in [-0.25, -0.2) is 9.78 Å². The van der Waals surface area contributed by atoms with Crippen molar-refractivity contribution < 1.29 is 0 Å². The highest BCUT2D eigenvalue weighted by molar-refractivity contribution is 7.71. The van der Waals surface area contributed by atoms with Crippen LogP contribution in [0.25, 0.3) is 28.3 Å². The molecular formula is C25H20N6S. The molecule has 7 heteroatoms. The van der Waals surface area contributed by atoms with Crippen molar-refractivity contribution >= 4 is 18.4 Å². The van der Waals surface area contributed by atoms with E-state index in [2.05, 4.69) is 22.2 Å². The van der Waals surface area contributed by atoms with Crippen LogP contribution in [-0.2, 0) is 0 Å². The van der Waals surface area contributed by atoms with Crippen molar-refractivity contribution in [1.82, 2.24) is 24.7 Å². The summed E-state index contributed by atoms with van der Waals surface area (Å²) in [6.45, 7) is 2.05. The first-order valence-corrected chi connectivity index (χ1v) is 10.6. The topological polar surface area (TPSA) is 63.8 Å². The SMILES string of the molecule is Cc1ccc(-c2n[nH]c(=S)n2/N=C/c2cn(-c3ccccc3)nc2-c2ccccc2)cc1. The molecule has 156 valence electrons. The highest BCUT2D eigenvalue weighted by Crippen LogP contribution is 2.23. The van der Waals surface area contributed by atoms with Crippen LogP contribution in [-0.4, -0.2) is 30.9 Å². The number of benzene rings is 3. The minimum atomic E-state index is 0.425. The third kappa shape index (κ3) is 3.93. The molecule has 0 bridgehead atoms. The van der Waals surface area contributed by atoms with E-state index in [0.717, 1.165) is 28.1 Å². The maximum atomic E-state index is 5.43. The maximum absolute atomic E-state index is 5.43. The van der Waals surface area contributed by atoms with Crippen molar-refractivity contribution in [1.29, 1.82) is 0 Å². The van der Waals surface area contributed by atoms with Gasteiger partial charge in [0.15, 0.2) is 5.82 Å². The van der Waals surface area contributed by atoms with Gasteiger partial charge in [0.25, 0.3) is 0 Å². The molecule has 0 saturated carbocycles. The normalized spacial score (nSPS) is 11.3. The van der Waals surface area contributed by atoms with Crippen LogP contribution < -0.4 is 0 Å². The van der Waals surface area contributed by atoms with E-state index in [9.17, 15) is 0 Å². The molecule has 6 nitrogen and oxygen atoms in total. The van der Waals surface area contributed by atoms with E-state index in [1.165, 1.54) is 5.56 Å². The summed E-state index contributed by atoms with van der Waals surface area (Å²) < 4.78 is 3.92. The van der Waals surface area contributed by atoms with Gasteiger partial charge < -0.3 is 0 Å². The number of rotatable bonds is 5. The van der Waals surface area contributed by atoms with Gasteiger partial charge in [-0.1, -0.05) is 78.4 Å². The molecule has 2 heterocycles. The van der Waals surface area contributed by atoms with Gasteiger partial charge in [-0.2, -0.15) is 20.0 Å². The van der Waals surface area contributed by atoms with Crippen LogP contribution in [0.2, 0.25) is 0 Å². The third-order valence-electron chi connectivity index (χ3n) is 5.08. The number of nitrogens with zero attached hydrogens (tertiary/aromatic N) is 5. The molecule has 0 atom stereocenters. The number of para-hydroxylation sites is 1. The molecular weight excluding hydrogens is 416 g/mol. The van der Waals surface area contributed by atoms with Crippen LogP contribution in [0, 0.1) is 11.7 Å². The van der Waals surface area contributed by atoms with E-state index in [4.69, 9.17) is 17.3 Å². The quantitative estimate of drug-likeness (QED) is 0.286. The molecule has 5 rings (SSSR count). The fourth-order valence-corrected chi connectivity index (χ4v) is 3.60. The Morgan fingerprint density at radius 1 is 0.875 bits per heavy atom. The van der Waals surface area contributed by atoms with Crippen LogP contribution in [0.3, 0.4) is 0 Å². The molecule has 0 aliphatic rings. The number of hydrogen-bond acceptors (Lipinski definition) is 4. The second kappa shape index (κ2) is 8.56. The average molecular weight is 437 g/mol. The van der Waals surface area contributed by atoms with Crippen LogP contribution in [0.4, 0.5) is 0 Å². The Hall–Kier alpha value is -4.10. The molecule has 0 aliphatic carbocycles. The first kappa shape index (κ1) is 19.8. The minimum absolute atomic E-state index is 0.425. The van der Waals surface area contributed by atoms with E-state index in [-0.39, 0.29) is 0 Å². The van der Waals surface area contributed by atoms with Gasteiger partial charge in [0.05, 0.1) is 11.9 Å². The first-order valence-electron chi connectivity index (χ1n) is 10.2. The smallest absolute Gasteiger partial charge is 0.216 e. The lowest BCUT2D eigenvalue weighted by Crippen LogP contribution is -1.95. The monoisotopic (exact) mass is 436 g/mol. The standard InChI is InChI=1S/C25H20N6S/c1-18-12-14-20(15-13-18)24-27-28-25(32)31(24)26-16-21-17-30(22-10-6-3-7-11-22)29-23(21)19-8-4-2-5-9-19/h2-17H,1H3,(H,28,32)/b26-16+. The number of aromatic nitrogens is 5. The van der Waals surface area contributed by atoms with Gasteiger partial charge in [0, 0.05) is 22.9 Å². The summed E-state index contributed by atoms with van der Waals surface area (Å²) in [4.78, 5) is 0. The average Bonchev–Trinajstić information content (AvgIpc) is 3.43. The Kier molecular flexibility index (Phi) is 5.31. The van der Waals surface area contributed by atoms with Crippen molar-refractivity contribution in [3.63, 3.8) is 0 Å². The van der Waals surface area contributed by atoms with Gasteiger partial charge in [0.2, 0.25) is 4.77 Å². The Balaban J connectivity index is 1.59. The largest absolute Gasteiger partial charge is 0.250 e. The third-order valence-corrected chi connectivity index (χ3v) is 5.35. The fraction of sp³-hybridized carbons (Fsp3) is 0.0400. The minimum Gasteiger partial charge on any atom is -0.250 e. The van der Waals surface area contributed by atoms with Gasteiger partial charge >= 0.3 is 0 Å². The summed E-state index contributed by atoms with van der Waals surface area (Å²) in [6, 6.07) is 28.2. The number of aryl methyl sites for hydroxylation is 1. The summed E-state index contributed by atoms with van der Waals surface area (Å²) in [7, 11) is 0. The zero-order valence-corrected chi connectivity index (χ0v) is 18.2. The summed E-state index contributed by atoms with van der Waals surface area (Å²) >= 11 is 5.43. The van der Waals surface area contributed by atoms with E-state index in [1.807, 2.05) is 95.8 Å². The molecule has 5 aromatic rings. The Labute approximate surface area is 190 Å². The first-order chi connectivity index (χ1) is 15.7. The van der Waals surface area contributed by atoms with Crippen molar-refractivity contribution in [2.75, 3.05) is 0 Å². The van der Waals surface area contributed by atoms with Crippen molar-refractivity contribution in [3.05, 3.63) is 107 Å². The van der Waals surface area contributed by atoms with Crippen molar-refractivity contribution in [3.8, 4) is 28.3 Å². The van der Waals surface area contributed by atoms with Crippen molar-refractivity contribution in [2.24, 2.45) is 5.10 Å². The predicted octanol–water partition coefficient (Wildman–Crippen LogP) is 5.65. The lowest BCUT2D eigenvalue weighted by Gasteiger charge is -2.02. The van der Waals surface area contributed by atoms with Crippen LogP contribution in [0.15, 0.2) is 96.2 Å². The molecule has 32 heavy (non-hydrogen) atoms. The fourth-order valence-electron chi connectivity index (χ4n) is 3.42. The van der Waals surface area contributed by atoms with Crippen molar-refractivity contribution in [2.45, 2.75) is 6.92 Å². The van der Waals surface area contributed by atoms with Crippen LogP contribution >= 0.6 is 12.2 Å². The molecule has 1 N–H and O–H groups in total. The molecule has 0 saturated heterocycles. The van der Waals surface area contributed by atoms with Crippen LogP contribution in [0.1, 0.15) is 11.1 Å². The molecule has 0 spiro atoms. The van der Waals surface area contributed by atoms with Gasteiger partial charge in [-0.3, -0.25) is 0 Å².